The first-order valence-corrected chi connectivity index (χ1v) is 7.26. The maximum atomic E-state index is 11.4. The van der Waals surface area contributed by atoms with E-state index in [-0.39, 0.29) is 5.25 Å². The van der Waals surface area contributed by atoms with Crippen molar-refractivity contribution in [3.05, 3.63) is 6.33 Å². The van der Waals surface area contributed by atoms with E-state index < -0.39 is 11.5 Å². The van der Waals surface area contributed by atoms with E-state index in [1.165, 1.54) is 0 Å². The fourth-order valence-corrected chi connectivity index (χ4v) is 2.90. The molecule has 0 saturated heterocycles. The number of nitrogens with one attached hydrogen (secondary N) is 1. The van der Waals surface area contributed by atoms with Crippen LogP contribution in [0.15, 0.2) is 11.5 Å². The molecule has 0 spiro atoms. The summed E-state index contributed by atoms with van der Waals surface area (Å²) in [6, 6.07) is 0. The predicted octanol–water partition coefficient (Wildman–Crippen LogP) is 1.53. The highest BCUT2D eigenvalue weighted by molar-refractivity contribution is 7.99. The molecular formula is C12H22N4O2S. The van der Waals surface area contributed by atoms with Gasteiger partial charge in [0.15, 0.2) is 5.16 Å². The lowest BCUT2D eigenvalue weighted by atomic mass is 9.96. The standard InChI is InChI=1S/C12H22N4O2S/c1-5-6-13-12(3,10(17)18)7-9(2)19-11-15-14-8-16(11)4/h8-9,13H,5-7H2,1-4H3,(H,17,18). The van der Waals surface area contributed by atoms with Crippen LogP contribution in [-0.4, -0.2) is 43.2 Å². The molecule has 0 bridgehead atoms. The van der Waals surface area contributed by atoms with Crippen LogP contribution in [-0.2, 0) is 11.8 Å². The minimum atomic E-state index is -0.902. The van der Waals surface area contributed by atoms with Crippen LogP contribution < -0.4 is 5.32 Å². The number of aryl methyl sites for hydroxylation is 1. The van der Waals surface area contributed by atoms with Gasteiger partial charge >= 0.3 is 5.97 Å². The molecule has 0 aliphatic rings. The Morgan fingerprint density at radius 2 is 2.37 bits per heavy atom. The maximum absolute atomic E-state index is 11.4. The molecule has 1 heterocycles. The van der Waals surface area contributed by atoms with Crippen molar-refractivity contribution in [1.29, 1.82) is 0 Å². The molecule has 0 amide bonds. The molecule has 0 saturated carbocycles. The third kappa shape index (κ3) is 4.50. The second-order valence-corrected chi connectivity index (χ2v) is 6.33. The van der Waals surface area contributed by atoms with Crippen LogP contribution >= 0.6 is 11.8 Å². The number of aromatic nitrogens is 3. The summed E-state index contributed by atoms with van der Waals surface area (Å²) in [5.74, 6) is -0.814. The van der Waals surface area contributed by atoms with Crippen LogP contribution in [0, 0.1) is 0 Å². The van der Waals surface area contributed by atoms with Gasteiger partial charge in [-0.1, -0.05) is 25.6 Å². The molecule has 2 unspecified atom stereocenters. The Morgan fingerprint density at radius 3 is 2.84 bits per heavy atom. The zero-order valence-corrected chi connectivity index (χ0v) is 12.7. The second kappa shape index (κ2) is 6.91. The van der Waals surface area contributed by atoms with E-state index in [0.717, 1.165) is 11.6 Å². The lowest BCUT2D eigenvalue weighted by Crippen LogP contribution is -2.51. The van der Waals surface area contributed by atoms with Gasteiger partial charge in [-0.15, -0.1) is 10.2 Å². The first-order chi connectivity index (χ1) is 8.89. The smallest absolute Gasteiger partial charge is 0.323 e. The number of nitrogens with zero attached hydrogens (tertiary/aromatic N) is 3. The molecule has 6 nitrogen and oxygen atoms in total. The zero-order chi connectivity index (χ0) is 14.5. The minimum Gasteiger partial charge on any atom is -0.480 e. The molecule has 19 heavy (non-hydrogen) atoms. The maximum Gasteiger partial charge on any atom is 0.323 e. The van der Waals surface area contributed by atoms with E-state index in [4.69, 9.17) is 0 Å². The van der Waals surface area contributed by atoms with Crippen LogP contribution in [0.1, 0.15) is 33.6 Å². The Hall–Kier alpha value is -1.08. The number of aliphatic carboxylic acids is 1. The Morgan fingerprint density at radius 1 is 1.68 bits per heavy atom. The van der Waals surface area contributed by atoms with Crippen molar-refractivity contribution in [2.24, 2.45) is 7.05 Å². The van der Waals surface area contributed by atoms with Gasteiger partial charge in [-0.3, -0.25) is 4.79 Å². The quantitative estimate of drug-likeness (QED) is 0.705. The topological polar surface area (TPSA) is 80.0 Å². The highest BCUT2D eigenvalue weighted by Gasteiger charge is 2.34. The van der Waals surface area contributed by atoms with E-state index in [2.05, 4.69) is 15.5 Å². The average molecular weight is 286 g/mol. The summed E-state index contributed by atoms with van der Waals surface area (Å²) in [7, 11) is 1.88. The molecule has 2 N–H and O–H groups in total. The van der Waals surface area contributed by atoms with Crippen molar-refractivity contribution in [1.82, 2.24) is 20.1 Å². The van der Waals surface area contributed by atoms with E-state index in [0.29, 0.717) is 13.0 Å². The highest BCUT2D eigenvalue weighted by Crippen LogP contribution is 2.27. The van der Waals surface area contributed by atoms with E-state index in [1.807, 2.05) is 25.5 Å². The van der Waals surface area contributed by atoms with Crippen molar-refractivity contribution in [3.8, 4) is 0 Å². The zero-order valence-electron chi connectivity index (χ0n) is 11.9. The number of hydrogen-bond donors (Lipinski definition) is 2. The summed E-state index contributed by atoms with van der Waals surface area (Å²) in [6.45, 7) is 6.46. The lowest BCUT2D eigenvalue weighted by molar-refractivity contribution is -0.144. The molecule has 0 aliphatic heterocycles. The van der Waals surface area contributed by atoms with E-state index in [1.54, 1.807) is 25.0 Å². The van der Waals surface area contributed by atoms with Gasteiger partial charge < -0.3 is 15.0 Å². The molecule has 0 aliphatic carbocycles. The fraction of sp³-hybridized carbons (Fsp3) is 0.750. The normalized spacial score (nSPS) is 16.0. The number of carboxylic acid groups (broad SMARTS) is 1. The molecule has 1 rings (SSSR count). The van der Waals surface area contributed by atoms with Crippen LogP contribution in [0.4, 0.5) is 0 Å². The van der Waals surface area contributed by atoms with Crippen molar-refractivity contribution >= 4 is 17.7 Å². The molecule has 7 heteroatoms. The van der Waals surface area contributed by atoms with Crippen molar-refractivity contribution in [3.63, 3.8) is 0 Å². The molecule has 1 aromatic rings. The Bertz CT molecular complexity index is 424. The van der Waals surface area contributed by atoms with Gasteiger partial charge in [0, 0.05) is 12.3 Å². The third-order valence-electron chi connectivity index (χ3n) is 2.91. The van der Waals surface area contributed by atoms with Gasteiger partial charge in [-0.25, -0.2) is 0 Å². The minimum absolute atomic E-state index is 0.133. The summed E-state index contributed by atoms with van der Waals surface area (Å²) >= 11 is 1.54. The molecule has 0 radical (unpaired) electrons. The number of hydrogen-bond acceptors (Lipinski definition) is 5. The number of carboxylic acids is 1. The molecule has 0 fully saturated rings. The van der Waals surface area contributed by atoms with Gasteiger partial charge in [0.05, 0.1) is 0 Å². The largest absolute Gasteiger partial charge is 0.480 e. The summed E-state index contributed by atoms with van der Waals surface area (Å²) < 4.78 is 1.83. The van der Waals surface area contributed by atoms with Gasteiger partial charge in [0.2, 0.25) is 0 Å². The number of thioether (sulfide) groups is 1. The van der Waals surface area contributed by atoms with Crippen LogP contribution in [0.5, 0.6) is 0 Å². The monoisotopic (exact) mass is 286 g/mol. The Kier molecular flexibility index (Phi) is 5.81. The van der Waals surface area contributed by atoms with Gasteiger partial charge in [0.1, 0.15) is 11.9 Å². The van der Waals surface area contributed by atoms with Crippen molar-refractivity contribution in [2.75, 3.05) is 6.54 Å². The molecule has 1 aromatic heterocycles. The first-order valence-electron chi connectivity index (χ1n) is 6.38. The molecule has 2 atom stereocenters. The van der Waals surface area contributed by atoms with Crippen molar-refractivity contribution in [2.45, 2.75) is 49.6 Å². The predicted molar refractivity (Wildman–Crippen MR) is 75.3 cm³/mol. The molecule has 108 valence electrons. The SMILES string of the molecule is CCCNC(C)(CC(C)Sc1nncn1C)C(=O)O. The van der Waals surface area contributed by atoms with Crippen LogP contribution in [0.2, 0.25) is 0 Å². The summed E-state index contributed by atoms with van der Waals surface area (Å²) in [6.07, 6.45) is 3.08. The third-order valence-corrected chi connectivity index (χ3v) is 4.06. The van der Waals surface area contributed by atoms with E-state index >= 15 is 0 Å². The summed E-state index contributed by atoms with van der Waals surface area (Å²) in [5.41, 5.74) is -0.902. The van der Waals surface area contributed by atoms with Gasteiger partial charge in [-0.2, -0.15) is 0 Å². The average Bonchev–Trinajstić information content (AvgIpc) is 2.72. The van der Waals surface area contributed by atoms with Crippen LogP contribution in [0.25, 0.3) is 0 Å². The lowest BCUT2D eigenvalue weighted by Gasteiger charge is -2.28. The second-order valence-electron chi connectivity index (χ2n) is 4.92. The van der Waals surface area contributed by atoms with Gasteiger partial charge in [0.25, 0.3) is 0 Å². The first kappa shape index (κ1) is 16.0. The summed E-state index contributed by atoms with van der Waals surface area (Å²) in [5, 5.41) is 21.2. The summed E-state index contributed by atoms with van der Waals surface area (Å²) in [4.78, 5) is 11.4. The Labute approximate surface area is 118 Å². The number of carbonyl (C=O) groups is 1. The molecule has 0 aromatic carbocycles. The van der Waals surface area contributed by atoms with Gasteiger partial charge in [-0.05, 0) is 26.3 Å². The Balaban J connectivity index is 2.63. The highest BCUT2D eigenvalue weighted by atomic mass is 32.2. The fourth-order valence-electron chi connectivity index (χ4n) is 1.81. The van der Waals surface area contributed by atoms with Crippen molar-refractivity contribution < 1.29 is 9.90 Å². The molecular weight excluding hydrogens is 264 g/mol. The van der Waals surface area contributed by atoms with Crippen LogP contribution in [0.3, 0.4) is 0 Å². The van der Waals surface area contributed by atoms with E-state index in [9.17, 15) is 9.90 Å². The number of rotatable bonds is 8.